The van der Waals surface area contributed by atoms with Crippen molar-refractivity contribution in [1.29, 1.82) is 0 Å². The number of hydrogen-bond donors (Lipinski definition) is 1. The van der Waals surface area contributed by atoms with Gasteiger partial charge in [-0.25, -0.2) is 0 Å². The van der Waals surface area contributed by atoms with Crippen LogP contribution in [0.3, 0.4) is 0 Å². The van der Waals surface area contributed by atoms with Gasteiger partial charge in [-0.2, -0.15) is 12.6 Å². The molecular formula is C5H8OS. The van der Waals surface area contributed by atoms with Crippen molar-refractivity contribution in [2.75, 3.05) is 6.26 Å². The van der Waals surface area contributed by atoms with Crippen LogP contribution in [-0.2, 0) is 0 Å². The van der Waals surface area contributed by atoms with Crippen LogP contribution in [-0.4, -0.2) is 6.26 Å². The summed E-state index contributed by atoms with van der Waals surface area (Å²) in [6, 6.07) is 3.67. The largest absolute Gasteiger partial charge is 0.473 e. The summed E-state index contributed by atoms with van der Waals surface area (Å²) in [4.78, 5) is 0. The Morgan fingerprint density at radius 3 is 1.71 bits per heavy atom. The summed E-state index contributed by atoms with van der Waals surface area (Å²) in [7, 11) is 0. The van der Waals surface area contributed by atoms with Crippen LogP contribution in [0.15, 0.2) is 29.1 Å². The SMILES string of the molecule is CS.c1ccoc1. The Kier molecular flexibility index (Phi) is 5.33. The Bertz CT molecular complexity index is 64.6. The summed E-state index contributed by atoms with van der Waals surface area (Å²) in [5, 5.41) is 0. The molecule has 0 aliphatic heterocycles. The number of rotatable bonds is 0. The molecule has 0 amide bonds. The van der Waals surface area contributed by atoms with Crippen molar-refractivity contribution < 1.29 is 4.42 Å². The lowest BCUT2D eigenvalue weighted by atomic mass is 10.7. The van der Waals surface area contributed by atoms with Crippen molar-refractivity contribution in [1.82, 2.24) is 0 Å². The minimum Gasteiger partial charge on any atom is -0.473 e. The van der Waals surface area contributed by atoms with Gasteiger partial charge in [0.05, 0.1) is 12.5 Å². The zero-order valence-corrected chi connectivity index (χ0v) is 5.06. The fraction of sp³-hybridized carbons (Fsp3) is 0.200. The molecule has 0 saturated heterocycles. The standard InChI is InChI=1S/C4H4O.CH4S/c1-2-4-5-3-1;1-2/h1-4H;2H,1H3. The van der Waals surface area contributed by atoms with Crippen LogP contribution in [0.5, 0.6) is 0 Å². The van der Waals surface area contributed by atoms with Crippen LogP contribution in [0, 0.1) is 0 Å². The lowest BCUT2D eigenvalue weighted by molar-refractivity contribution is 0.567. The molecule has 2 heteroatoms. The third kappa shape index (κ3) is 3.46. The van der Waals surface area contributed by atoms with Crippen molar-refractivity contribution in [2.24, 2.45) is 0 Å². The van der Waals surface area contributed by atoms with Crippen LogP contribution in [0.2, 0.25) is 0 Å². The summed E-state index contributed by atoms with van der Waals surface area (Å²) in [6.07, 6.45) is 4.94. The zero-order chi connectivity index (χ0) is 5.54. The van der Waals surface area contributed by atoms with Gasteiger partial charge in [-0.1, -0.05) is 0 Å². The molecule has 7 heavy (non-hydrogen) atoms. The molecule has 0 saturated carbocycles. The van der Waals surface area contributed by atoms with E-state index in [4.69, 9.17) is 0 Å². The van der Waals surface area contributed by atoms with Crippen LogP contribution < -0.4 is 0 Å². The van der Waals surface area contributed by atoms with Gasteiger partial charge >= 0.3 is 0 Å². The molecule has 1 rings (SSSR count). The van der Waals surface area contributed by atoms with Crippen LogP contribution in [0.25, 0.3) is 0 Å². The lowest BCUT2D eigenvalue weighted by Crippen LogP contribution is -1.16. The fourth-order valence-electron chi connectivity index (χ4n) is 0.227. The Labute approximate surface area is 48.8 Å². The molecule has 0 unspecified atom stereocenters. The molecule has 0 N–H and O–H groups in total. The molecule has 0 spiro atoms. The van der Waals surface area contributed by atoms with Gasteiger partial charge in [0.2, 0.25) is 0 Å². The van der Waals surface area contributed by atoms with Gasteiger partial charge in [-0.3, -0.25) is 0 Å². The molecule has 0 radical (unpaired) electrons. The molecule has 1 nitrogen and oxygen atoms in total. The van der Waals surface area contributed by atoms with Gasteiger partial charge in [0.25, 0.3) is 0 Å². The predicted molar refractivity (Wildman–Crippen MR) is 33.6 cm³/mol. The highest BCUT2D eigenvalue weighted by atomic mass is 32.1. The van der Waals surface area contributed by atoms with Crippen LogP contribution in [0.1, 0.15) is 0 Å². The van der Waals surface area contributed by atoms with E-state index in [1.165, 1.54) is 0 Å². The minimum absolute atomic E-state index is 1.62. The van der Waals surface area contributed by atoms with Gasteiger partial charge in [0.1, 0.15) is 0 Å². The lowest BCUT2D eigenvalue weighted by Gasteiger charge is -1.50. The summed E-state index contributed by atoms with van der Waals surface area (Å²) in [6.45, 7) is 0. The van der Waals surface area contributed by atoms with E-state index in [1.54, 1.807) is 18.8 Å². The summed E-state index contributed by atoms with van der Waals surface area (Å²) < 4.78 is 4.58. The molecule has 1 aromatic heterocycles. The molecular weight excluding hydrogens is 108 g/mol. The molecule has 0 fully saturated rings. The second kappa shape index (κ2) is 5.63. The first-order valence-electron chi connectivity index (χ1n) is 1.92. The average Bonchev–Trinajstić information content (AvgIpc) is 2.23. The molecule has 0 atom stereocenters. The summed E-state index contributed by atoms with van der Waals surface area (Å²) >= 11 is 3.53. The molecule has 0 aromatic carbocycles. The number of furan rings is 1. The van der Waals surface area contributed by atoms with Gasteiger partial charge in [-0.15, -0.1) is 0 Å². The highest BCUT2D eigenvalue weighted by molar-refractivity contribution is 7.79. The molecule has 1 aromatic rings. The predicted octanol–water partition coefficient (Wildman–Crippen LogP) is 1.83. The first-order valence-corrected chi connectivity index (χ1v) is 2.81. The van der Waals surface area contributed by atoms with Crippen molar-refractivity contribution in [3.63, 3.8) is 0 Å². The van der Waals surface area contributed by atoms with Gasteiger partial charge < -0.3 is 4.42 Å². The van der Waals surface area contributed by atoms with Crippen LogP contribution >= 0.6 is 12.6 Å². The van der Waals surface area contributed by atoms with Crippen molar-refractivity contribution in [2.45, 2.75) is 0 Å². The zero-order valence-electron chi connectivity index (χ0n) is 4.16. The van der Waals surface area contributed by atoms with Crippen molar-refractivity contribution in [3.8, 4) is 0 Å². The second-order valence-corrected chi connectivity index (χ2v) is 0.793. The van der Waals surface area contributed by atoms with Crippen molar-refractivity contribution >= 4 is 12.6 Å². The normalized spacial score (nSPS) is 6.57. The van der Waals surface area contributed by atoms with E-state index in [0.717, 1.165) is 0 Å². The van der Waals surface area contributed by atoms with E-state index in [0.29, 0.717) is 0 Å². The Morgan fingerprint density at radius 1 is 1.14 bits per heavy atom. The van der Waals surface area contributed by atoms with Gasteiger partial charge in [0.15, 0.2) is 0 Å². The third-order valence-electron chi connectivity index (χ3n) is 0.425. The van der Waals surface area contributed by atoms with E-state index in [-0.39, 0.29) is 0 Å². The molecule has 0 bridgehead atoms. The molecule has 0 aliphatic carbocycles. The third-order valence-corrected chi connectivity index (χ3v) is 0.425. The molecule has 40 valence electrons. The number of thiol groups is 1. The first kappa shape index (κ1) is 6.63. The quantitative estimate of drug-likeness (QED) is 0.510. The van der Waals surface area contributed by atoms with Gasteiger partial charge in [0, 0.05) is 0 Å². The first-order chi connectivity index (χ1) is 3.50. The van der Waals surface area contributed by atoms with E-state index >= 15 is 0 Å². The second-order valence-electron chi connectivity index (χ2n) is 0.793. The van der Waals surface area contributed by atoms with E-state index in [1.807, 2.05) is 12.1 Å². The van der Waals surface area contributed by atoms with E-state index < -0.39 is 0 Å². The summed E-state index contributed by atoms with van der Waals surface area (Å²) in [5.74, 6) is 0. The Hall–Kier alpha value is -0.370. The smallest absolute Gasteiger partial charge is 0.0902 e. The Morgan fingerprint density at radius 2 is 1.57 bits per heavy atom. The number of hydrogen-bond acceptors (Lipinski definition) is 2. The highest BCUT2D eigenvalue weighted by Crippen LogP contribution is 1.79. The maximum absolute atomic E-state index is 4.58. The molecule has 1 heterocycles. The Balaban J connectivity index is 0.000000162. The maximum Gasteiger partial charge on any atom is 0.0902 e. The topological polar surface area (TPSA) is 13.1 Å². The average molecular weight is 116 g/mol. The monoisotopic (exact) mass is 116 g/mol. The highest BCUT2D eigenvalue weighted by Gasteiger charge is 1.58. The van der Waals surface area contributed by atoms with E-state index in [2.05, 4.69) is 17.0 Å². The minimum atomic E-state index is 1.62. The van der Waals surface area contributed by atoms with E-state index in [9.17, 15) is 0 Å². The van der Waals surface area contributed by atoms with Gasteiger partial charge in [-0.05, 0) is 18.4 Å². The fourth-order valence-corrected chi connectivity index (χ4v) is 0.227. The summed E-state index contributed by atoms with van der Waals surface area (Å²) in [5.41, 5.74) is 0. The van der Waals surface area contributed by atoms with Crippen molar-refractivity contribution in [3.05, 3.63) is 24.7 Å². The van der Waals surface area contributed by atoms with Crippen LogP contribution in [0.4, 0.5) is 0 Å². The molecule has 0 aliphatic rings. The maximum atomic E-state index is 4.58.